The molecule has 3 rings (SSSR count). The first-order valence-electron chi connectivity index (χ1n) is 8.20. The topological polar surface area (TPSA) is 51.1 Å². The Kier molecular flexibility index (Phi) is 5.09. The third-order valence-corrected chi connectivity index (χ3v) is 4.16. The number of amides is 1. The van der Waals surface area contributed by atoms with Gasteiger partial charge in [0.1, 0.15) is 0 Å². The molecule has 0 radical (unpaired) electrons. The van der Waals surface area contributed by atoms with E-state index in [4.69, 9.17) is 0 Å². The van der Waals surface area contributed by atoms with Gasteiger partial charge in [-0.1, -0.05) is 60.7 Å². The lowest BCUT2D eigenvalue weighted by molar-refractivity contribution is 0.0936. The van der Waals surface area contributed by atoms with E-state index >= 15 is 0 Å². The van der Waals surface area contributed by atoms with Gasteiger partial charge >= 0.3 is 0 Å². The van der Waals surface area contributed by atoms with Gasteiger partial charge in [0.2, 0.25) is 0 Å². The summed E-state index contributed by atoms with van der Waals surface area (Å²) in [5.74, 6) is -0.248. The van der Waals surface area contributed by atoms with E-state index in [1.807, 2.05) is 60.7 Å². The SMILES string of the molecule is Cn1ccc(C(=O)N[C@H](Cc2ccccc2)c2ccccc2)cc1=O. The monoisotopic (exact) mass is 332 g/mol. The largest absolute Gasteiger partial charge is 0.345 e. The van der Waals surface area contributed by atoms with E-state index in [-0.39, 0.29) is 17.5 Å². The molecule has 0 spiro atoms. The van der Waals surface area contributed by atoms with Crippen LogP contribution in [-0.2, 0) is 13.5 Å². The first kappa shape index (κ1) is 16.7. The first-order valence-corrected chi connectivity index (χ1v) is 8.20. The molecule has 0 saturated carbocycles. The van der Waals surface area contributed by atoms with Gasteiger partial charge in [-0.3, -0.25) is 9.59 Å². The van der Waals surface area contributed by atoms with E-state index in [9.17, 15) is 9.59 Å². The summed E-state index contributed by atoms with van der Waals surface area (Å²) in [7, 11) is 1.66. The first-order chi connectivity index (χ1) is 12.1. The molecule has 0 fully saturated rings. The van der Waals surface area contributed by atoms with Crippen LogP contribution in [-0.4, -0.2) is 10.5 Å². The third-order valence-electron chi connectivity index (χ3n) is 4.16. The number of carbonyl (C=O) groups excluding carboxylic acids is 1. The van der Waals surface area contributed by atoms with Crippen LogP contribution in [0.2, 0.25) is 0 Å². The highest BCUT2D eigenvalue weighted by atomic mass is 16.2. The van der Waals surface area contributed by atoms with Crippen LogP contribution in [0.25, 0.3) is 0 Å². The van der Waals surface area contributed by atoms with Crippen LogP contribution in [0.15, 0.2) is 83.8 Å². The summed E-state index contributed by atoms with van der Waals surface area (Å²) in [4.78, 5) is 24.4. The summed E-state index contributed by atoms with van der Waals surface area (Å²) in [6.45, 7) is 0. The van der Waals surface area contributed by atoms with E-state index in [2.05, 4.69) is 5.32 Å². The zero-order valence-electron chi connectivity index (χ0n) is 14.1. The number of pyridine rings is 1. The Bertz CT molecular complexity index is 902. The van der Waals surface area contributed by atoms with E-state index in [0.717, 1.165) is 11.1 Å². The number of aryl methyl sites for hydroxylation is 1. The Morgan fingerprint density at radius 1 is 1.00 bits per heavy atom. The van der Waals surface area contributed by atoms with Crippen molar-refractivity contribution in [3.05, 3.63) is 106 Å². The minimum absolute atomic E-state index is 0.167. The maximum absolute atomic E-state index is 12.6. The van der Waals surface area contributed by atoms with E-state index in [1.54, 1.807) is 19.3 Å². The Labute approximate surface area is 146 Å². The number of nitrogens with zero attached hydrogens (tertiary/aromatic N) is 1. The molecule has 1 N–H and O–H groups in total. The van der Waals surface area contributed by atoms with Crippen LogP contribution in [0.1, 0.15) is 27.5 Å². The van der Waals surface area contributed by atoms with Gasteiger partial charge in [0.25, 0.3) is 11.5 Å². The van der Waals surface area contributed by atoms with Crippen molar-refractivity contribution in [1.82, 2.24) is 9.88 Å². The lowest BCUT2D eigenvalue weighted by Gasteiger charge is -2.19. The molecule has 0 aliphatic rings. The molecule has 0 bridgehead atoms. The van der Waals surface area contributed by atoms with Crippen molar-refractivity contribution < 1.29 is 4.79 Å². The summed E-state index contributed by atoms with van der Waals surface area (Å²) in [6.07, 6.45) is 2.29. The third kappa shape index (κ3) is 4.23. The molecule has 126 valence electrons. The van der Waals surface area contributed by atoms with Crippen LogP contribution in [0.5, 0.6) is 0 Å². The van der Waals surface area contributed by atoms with Gasteiger partial charge in [-0.25, -0.2) is 0 Å². The fourth-order valence-corrected chi connectivity index (χ4v) is 2.72. The van der Waals surface area contributed by atoms with Crippen LogP contribution in [0, 0.1) is 0 Å². The Morgan fingerprint density at radius 3 is 2.28 bits per heavy atom. The zero-order valence-corrected chi connectivity index (χ0v) is 14.1. The predicted molar refractivity (Wildman–Crippen MR) is 98.5 cm³/mol. The average Bonchev–Trinajstić information content (AvgIpc) is 2.65. The number of hydrogen-bond acceptors (Lipinski definition) is 2. The maximum atomic E-state index is 12.6. The standard InChI is InChI=1S/C21H20N2O2/c1-23-13-12-18(15-20(23)24)21(25)22-19(17-10-6-3-7-11-17)14-16-8-4-2-5-9-16/h2-13,15,19H,14H2,1H3,(H,22,25)/t19-/m1/s1. The molecule has 0 aliphatic heterocycles. The van der Waals surface area contributed by atoms with Crippen molar-refractivity contribution in [3.8, 4) is 0 Å². The van der Waals surface area contributed by atoms with Crippen molar-refractivity contribution in [3.63, 3.8) is 0 Å². The number of aromatic nitrogens is 1. The smallest absolute Gasteiger partial charge is 0.252 e. The molecule has 1 heterocycles. The number of hydrogen-bond donors (Lipinski definition) is 1. The average molecular weight is 332 g/mol. The molecule has 0 saturated heterocycles. The van der Waals surface area contributed by atoms with Crippen molar-refractivity contribution in [2.24, 2.45) is 7.05 Å². The zero-order chi connectivity index (χ0) is 17.6. The fraction of sp³-hybridized carbons (Fsp3) is 0.143. The molecular weight excluding hydrogens is 312 g/mol. The van der Waals surface area contributed by atoms with Crippen molar-refractivity contribution in [2.45, 2.75) is 12.5 Å². The second kappa shape index (κ2) is 7.62. The number of benzene rings is 2. The number of rotatable bonds is 5. The fourth-order valence-electron chi connectivity index (χ4n) is 2.72. The minimum atomic E-state index is -0.248. The highest BCUT2D eigenvalue weighted by molar-refractivity contribution is 5.94. The van der Waals surface area contributed by atoms with Crippen molar-refractivity contribution in [1.29, 1.82) is 0 Å². The molecule has 0 unspecified atom stereocenters. The van der Waals surface area contributed by atoms with Gasteiger partial charge < -0.3 is 9.88 Å². The van der Waals surface area contributed by atoms with Crippen molar-refractivity contribution >= 4 is 5.91 Å². The van der Waals surface area contributed by atoms with E-state index in [1.165, 1.54) is 10.6 Å². The Morgan fingerprint density at radius 2 is 1.64 bits per heavy atom. The molecule has 4 nitrogen and oxygen atoms in total. The van der Waals surface area contributed by atoms with Gasteiger partial charge in [-0.15, -0.1) is 0 Å². The highest BCUT2D eigenvalue weighted by Crippen LogP contribution is 2.19. The molecule has 4 heteroatoms. The summed E-state index contributed by atoms with van der Waals surface area (Å²) in [6, 6.07) is 22.7. The van der Waals surface area contributed by atoms with Gasteiger partial charge in [-0.05, 0) is 23.6 Å². The quantitative estimate of drug-likeness (QED) is 0.780. The predicted octanol–water partition coefficient (Wildman–Crippen LogP) is 3.10. The molecular formula is C21H20N2O2. The van der Waals surface area contributed by atoms with Gasteiger partial charge in [0.15, 0.2) is 0 Å². The normalized spacial score (nSPS) is 11.7. The second-order valence-electron chi connectivity index (χ2n) is 5.99. The minimum Gasteiger partial charge on any atom is -0.345 e. The van der Waals surface area contributed by atoms with E-state index in [0.29, 0.717) is 12.0 Å². The molecule has 0 aliphatic carbocycles. The summed E-state index contributed by atoms with van der Waals surface area (Å²) >= 11 is 0. The summed E-state index contributed by atoms with van der Waals surface area (Å²) in [5.41, 5.74) is 2.34. The van der Waals surface area contributed by atoms with E-state index < -0.39 is 0 Å². The Balaban J connectivity index is 1.85. The highest BCUT2D eigenvalue weighted by Gasteiger charge is 2.16. The summed E-state index contributed by atoms with van der Waals surface area (Å²) < 4.78 is 1.44. The van der Waals surface area contributed by atoms with Gasteiger partial charge in [0, 0.05) is 24.9 Å². The number of nitrogens with one attached hydrogen (secondary N) is 1. The molecule has 1 aromatic heterocycles. The molecule has 2 aromatic carbocycles. The Hall–Kier alpha value is -3.14. The van der Waals surface area contributed by atoms with Crippen LogP contribution < -0.4 is 10.9 Å². The van der Waals surface area contributed by atoms with Crippen LogP contribution in [0.4, 0.5) is 0 Å². The van der Waals surface area contributed by atoms with Gasteiger partial charge in [-0.2, -0.15) is 0 Å². The lowest BCUT2D eigenvalue weighted by Crippen LogP contribution is -2.31. The van der Waals surface area contributed by atoms with Crippen LogP contribution >= 0.6 is 0 Å². The maximum Gasteiger partial charge on any atom is 0.252 e. The molecule has 3 aromatic rings. The van der Waals surface area contributed by atoms with Gasteiger partial charge in [0.05, 0.1) is 6.04 Å². The number of carbonyl (C=O) groups is 1. The van der Waals surface area contributed by atoms with Crippen molar-refractivity contribution in [2.75, 3.05) is 0 Å². The summed E-state index contributed by atoms with van der Waals surface area (Å²) in [5, 5.41) is 3.06. The molecule has 25 heavy (non-hydrogen) atoms. The second-order valence-corrected chi connectivity index (χ2v) is 5.99. The lowest BCUT2D eigenvalue weighted by atomic mass is 9.98. The van der Waals surface area contributed by atoms with Crippen LogP contribution in [0.3, 0.4) is 0 Å². The molecule has 1 atom stereocenters. The molecule has 1 amide bonds.